The Morgan fingerprint density at radius 2 is 0.982 bits per heavy atom. The molecular weight excluding hydrogens is 707 g/mol. The fourth-order valence-corrected chi connectivity index (χ4v) is 11.3. The number of fused-ring (bicyclic) bond motifs is 17. The fourth-order valence-electron chi connectivity index (χ4n) is 9.15. The molecule has 0 unspecified atom stereocenters. The molecule has 254 valence electrons. The summed E-state index contributed by atoms with van der Waals surface area (Å²) >= 11 is 3.56. The van der Waals surface area contributed by atoms with Gasteiger partial charge in [0.05, 0.1) is 11.0 Å². The Labute approximate surface area is 322 Å². The van der Waals surface area contributed by atoms with E-state index in [1.54, 1.807) is 11.3 Å². The zero-order chi connectivity index (χ0) is 35.8. The number of hydrogen-bond acceptors (Lipinski definition) is 4. The van der Waals surface area contributed by atoms with Crippen molar-refractivity contribution in [1.29, 1.82) is 0 Å². The quantitative estimate of drug-likeness (QED) is 0.166. The van der Waals surface area contributed by atoms with Crippen molar-refractivity contribution >= 4 is 128 Å². The van der Waals surface area contributed by atoms with E-state index in [2.05, 4.69) is 168 Å². The van der Waals surface area contributed by atoms with Crippen LogP contribution in [0.3, 0.4) is 0 Å². The number of benzene rings is 9. The van der Waals surface area contributed by atoms with Crippen LogP contribution in [0.2, 0.25) is 0 Å². The van der Waals surface area contributed by atoms with E-state index in [0.29, 0.717) is 0 Å². The largest absolute Gasteiger partial charge is 0.292 e. The lowest BCUT2D eigenvalue weighted by Gasteiger charge is -2.14. The van der Waals surface area contributed by atoms with E-state index in [-0.39, 0.29) is 0 Å². The zero-order valence-corrected chi connectivity index (χ0v) is 30.9. The Morgan fingerprint density at radius 3 is 1.76 bits per heavy atom. The molecule has 5 heteroatoms. The smallest absolute Gasteiger partial charge is 0.165 e. The predicted molar refractivity (Wildman–Crippen MR) is 238 cm³/mol. The maximum absolute atomic E-state index is 5.70. The van der Waals surface area contributed by atoms with Gasteiger partial charge in [0.1, 0.15) is 16.0 Å². The molecule has 0 bridgehead atoms. The molecule has 4 heterocycles. The standard InChI is InChI=1S/C50H27N3S2/c1-2-12-29-27-41-39(25-28(29)11-1)46-40(23-22-36-33-15-4-3-13-31(33)32-14-5-6-17-35(32)45(36)46)53(41)49-47(52-50-48(51-49)37-18-8-10-20-43(37)55-50)30-21-24-44-38(26-30)34-16-7-9-19-42(34)54-44/h1-27H. The molecule has 9 aromatic carbocycles. The summed E-state index contributed by atoms with van der Waals surface area (Å²) in [4.78, 5) is 12.2. The molecule has 0 N–H and O–H groups in total. The number of hydrogen-bond donors (Lipinski definition) is 0. The van der Waals surface area contributed by atoms with Gasteiger partial charge in [-0.15, -0.1) is 22.7 Å². The van der Waals surface area contributed by atoms with Crippen molar-refractivity contribution in [2.24, 2.45) is 0 Å². The summed E-state index contributed by atoms with van der Waals surface area (Å²) in [5.74, 6) is 0.842. The predicted octanol–water partition coefficient (Wildman–Crippen LogP) is 14.6. The van der Waals surface area contributed by atoms with E-state index >= 15 is 0 Å². The minimum Gasteiger partial charge on any atom is -0.292 e. The van der Waals surface area contributed by atoms with Crippen LogP contribution in [-0.4, -0.2) is 14.5 Å². The van der Waals surface area contributed by atoms with Gasteiger partial charge in [-0.25, -0.2) is 9.97 Å². The van der Waals surface area contributed by atoms with Crippen LogP contribution in [0, 0.1) is 0 Å². The number of nitrogens with zero attached hydrogens (tertiary/aromatic N) is 3. The average molecular weight is 734 g/mol. The van der Waals surface area contributed by atoms with Crippen molar-refractivity contribution in [1.82, 2.24) is 14.5 Å². The van der Waals surface area contributed by atoms with Gasteiger partial charge in [0.25, 0.3) is 0 Å². The summed E-state index contributed by atoms with van der Waals surface area (Å²) in [5, 5.41) is 16.1. The van der Waals surface area contributed by atoms with E-state index in [0.717, 1.165) is 43.8 Å². The molecule has 0 aliphatic rings. The van der Waals surface area contributed by atoms with Crippen LogP contribution in [-0.2, 0) is 0 Å². The molecule has 4 aromatic heterocycles. The lowest BCUT2D eigenvalue weighted by Crippen LogP contribution is -2.03. The first-order valence-corrected chi connectivity index (χ1v) is 20.2. The van der Waals surface area contributed by atoms with Crippen LogP contribution in [0.4, 0.5) is 0 Å². The molecule has 0 fully saturated rings. The molecule has 13 aromatic rings. The van der Waals surface area contributed by atoms with Gasteiger partial charge in [-0.1, -0.05) is 121 Å². The van der Waals surface area contributed by atoms with Crippen molar-refractivity contribution in [3.8, 4) is 17.1 Å². The molecule has 0 amide bonds. The van der Waals surface area contributed by atoms with Gasteiger partial charge in [-0.3, -0.25) is 4.57 Å². The van der Waals surface area contributed by atoms with Gasteiger partial charge >= 0.3 is 0 Å². The third kappa shape index (κ3) is 4.09. The lowest BCUT2D eigenvalue weighted by atomic mass is 9.91. The third-order valence-electron chi connectivity index (χ3n) is 11.6. The highest BCUT2D eigenvalue weighted by Gasteiger charge is 2.24. The summed E-state index contributed by atoms with van der Waals surface area (Å²) in [6.07, 6.45) is 0. The van der Waals surface area contributed by atoms with Crippen molar-refractivity contribution in [2.75, 3.05) is 0 Å². The third-order valence-corrected chi connectivity index (χ3v) is 13.8. The Kier molecular flexibility index (Phi) is 5.93. The van der Waals surface area contributed by atoms with E-state index in [1.165, 1.54) is 78.7 Å². The second-order valence-corrected chi connectivity index (χ2v) is 16.6. The Bertz CT molecular complexity index is 3760. The Balaban J connectivity index is 1.24. The second kappa shape index (κ2) is 11.0. The van der Waals surface area contributed by atoms with Crippen LogP contribution in [0.25, 0.3) is 123 Å². The number of thiophene rings is 2. The highest BCUT2D eigenvalue weighted by Crippen LogP contribution is 2.46. The molecule has 0 saturated heterocycles. The first-order valence-electron chi connectivity index (χ1n) is 18.6. The van der Waals surface area contributed by atoms with Crippen LogP contribution >= 0.6 is 22.7 Å². The summed E-state index contributed by atoms with van der Waals surface area (Å²) in [6.45, 7) is 0. The molecule has 0 atom stereocenters. The van der Waals surface area contributed by atoms with E-state index in [1.807, 2.05) is 11.3 Å². The van der Waals surface area contributed by atoms with Crippen molar-refractivity contribution in [3.05, 3.63) is 164 Å². The maximum atomic E-state index is 5.70. The normalized spacial score (nSPS) is 12.4. The molecular formula is C50H27N3S2. The van der Waals surface area contributed by atoms with Crippen molar-refractivity contribution < 1.29 is 0 Å². The highest BCUT2D eigenvalue weighted by atomic mass is 32.1. The molecule has 0 spiro atoms. The van der Waals surface area contributed by atoms with Gasteiger partial charge in [-0.05, 0) is 80.2 Å². The second-order valence-electron chi connectivity index (χ2n) is 14.5. The topological polar surface area (TPSA) is 30.7 Å². The lowest BCUT2D eigenvalue weighted by molar-refractivity contribution is 1.09. The zero-order valence-electron chi connectivity index (χ0n) is 29.2. The van der Waals surface area contributed by atoms with E-state index in [4.69, 9.17) is 9.97 Å². The van der Waals surface area contributed by atoms with Crippen LogP contribution < -0.4 is 0 Å². The highest BCUT2D eigenvalue weighted by molar-refractivity contribution is 7.26. The molecule has 0 saturated carbocycles. The minimum absolute atomic E-state index is 0.842. The fraction of sp³-hybridized carbons (Fsp3) is 0. The van der Waals surface area contributed by atoms with Gasteiger partial charge in [-0.2, -0.15) is 0 Å². The Morgan fingerprint density at radius 1 is 0.382 bits per heavy atom. The minimum atomic E-state index is 0.842. The van der Waals surface area contributed by atoms with Crippen LogP contribution in [0.1, 0.15) is 0 Å². The molecule has 0 aliphatic carbocycles. The Hall–Kier alpha value is -6.66. The summed E-state index contributed by atoms with van der Waals surface area (Å²) in [6, 6.07) is 60.0. The van der Waals surface area contributed by atoms with E-state index in [9.17, 15) is 0 Å². The first-order chi connectivity index (χ1) is 27.3. The monoisotopic (exact) mass is 733 g/mol. The number of aromatic nitrogens is 3. The SMILES string of the molecule is c1ccc2cc3c(cc2c1)c1c2c4ccccc4c4ccccc4c2ccc1n3-c1nc2c(nc1-c1ccc3sc4ccccc4c3c1)sc1ccccc12. The molecule has 0 aliphatic heterocycles. The van der Waals surface area contributed by atoms with Crippen LogP contribution in [0.15, 0.2) is 164 Å². The van der Waals surface area contributed by atoms with E-state index < -0.39 is 0 Å². The summed E-state index contributed by atoms with van der Waals surface area (Å²) in [7, 11) is 0. The summed E-state index contributed by atoms with van der Waals surface area (Å²) < 4.78 is 6.17. The van der Waals surface area contributed by atoms with Crippen molar-refractivity contribution in [3.63, 3.8) is 0 Å². The van der Waals surface area contributed by atoms with Gasteiger partial charge in [0, 0.05) is 52.0 Å². The van der Waals surface area contributed by atoms with Gasteiger partial charge < -0.3 is 0 Å². The van der Waals surface area contributed by atoms with Crippen LogP contribution in [0.5, 0.6) is 0 Å². The van der Waals surface area contributed by atoms with Gasteiger partial charge in [0.2, 0.25) is 0 Å². The molecule has 55 heavy (non-hydrogen) atoms. The maximum Gasteiger partial charge on any atom is 0.165 e. The molecule has 13 rings (SSSR count). The molecule has 0 radical (unpaired) electrons. The van der Waals surface area contributed by atoms with Gasteiger partial charge in [0.15, 0.2) is 5.82 Å². The number of rotatable bonds is 2. The first kappa shape index (κ1) is 29.8. The average Bonchev–Trinajstić information content (AvgIpc) is 3.91. The van der Waals surface area contributed by atoms with Crippen molar-refractivity contribution in [2.45, 2.75) is 0 Å². The molecule has 3 nitrogen and oxygen atoms in total. The summed E-state index contributed by atoms with van der Waals surface area (Å²) in [5.41, 5.74) is 5.12.